The quantitative estimate of drug-likeness (QED) is 0.189. The molecular formula is C30H27N5O5S. The van der Waals surface area contributed by atoms with Gasteiger partial charge in [0.05, 0.1) is 30.0 Å². The number of rotatable bonds is 10. The van der Waals surface area contributed by atoms with Gasteiger partial charge >= 0.3 is 5.97 Å². The number of hydrogen-bond donors (Lipinski definition) is 1. The van der Waals surface area contributed by atoms with Crippen LogP contribution in [0.3, 0.4) is 0 Å². The fraction of sp³-hybridized carbons (Fsp3) is 0.233. The van der Waals surface area contributed by atoms with Gasteiger partial charge in [0.1, 0.15) is 46.7 Å². The molecule has 0 fully saturated rings. The molecule has 1 unspecified atom stereocenters. The number of hydrogen-bond acceptors (Lipinski definition) is 11. The fourth-order valence-corrected chi connectivity index (χ4v) is 4.88. The number of aromatic nitrogens is 2. The van der Waals surface area contributed by atoms with E-state index in [9.17, 15) is 15.3 Å². The second-order valence-electron chi connectivity index (χ2n) is 8.91. The molecule has 2 heterocycles. The van der Waals surface area contributed by atoms with E-state index in [2.05, 4.69) is 22.1 Å². The highest BCUT2D eigenvalue weighted by atomic mass is 32.2. The predicted molar refractivity (Wildman–Crippen MR) is 153 cm³/mol. The monoisotopic (exact) mass is 569 g/mol. The minimum absolute atomic E-state index is 0.0292. The largest absolute Gasteiger partial charge is 0.491 e. The number of aryl methyl sites for hydroxylation is 1. The molecule has 4 rings (SSSR count). The van der Waals surface area contributed by atoms with Crippen LogP contribution in [0.15, 0.2) is 58.0 Å². The summed E-state index contributed by atoms with van der Waals surface area (Å²) in [5, 5.41) is 20.3. The molecule has 0 bridgehead atoms. The molecule has 0 saturated carbocycles. The summed E-state index contributed by atoms with van der Waals surface area (Å²) in [6.07, 6.45) is -0.0683. The van der Waals surface area contributed by atoms with E-state index in [-0.39, 0.29) is 23.0 Å². The SMILES string of the molecule is COC(=O)c1ccc(-c2nc(CSc3nc(N)c(C#N)c(-c4ccc(OCC(C)OC)cc4)c3C#N)c(C)o2)cc1. The maximum absolute atomic E-state index is 11.7. The van der Waals surface area contributed by atoms with E-state index in [1.165, 1.54) is 18.9 Å². The average molecular weight is 570 g/mol. The Kier molecular flexibility index (Phi) is 9.25. The zero-order chi connectivity index (χ0) is 29.5. The number of nitrogens with two attached hydrogens (primary N) is 1. The first-order valence-electron chi connectivity index (χ1n) is 12.5. The minimum atomic E-state index is -0.430. The van der Waals surface area contributed by atoms with Crippen LogP contribution in [0.4, 0.5) is 5.82 Å². The van der Waals surface area contributed by atoms with E-state index >= 15 is 0 Å². The molecule has 0 aliphatic heterocycles. The maximum atomic E-state index is 11.7. The number of methoxy groups -OCH3 is 2. The molecule has 10 nitrogen and oxygen atoms in total. The lowest BCUT2D eigenvalue weighted by Crippen LogP contribution is -2.15. The number of carbonyl (C=O) groups is 1. The Morgan fingerprint density at radius 2 is 1.68 bits per heavy atom. The second kappa shape index (κ2) is 13.0. The smallest absolute Gasteiger partial charge is 0.337 e. The van der Waals surface area contributed by atoms with Crippen LogP contribution in [0, 0.1) is 29.6 Å². The van der Waals surface area contributed by atoms with Crippen molar-refractivity contribution in [2.75, 3.05) is 26.6 Å². The van der Waals surface area contributed by atoms with Gasteiger partial charge in [-0.05, 0) is 55.8 Å². The van der Waals surface area contributed by atoms with Crippen LogP contribution in [0.25, 0.3) is 22.6 Å². The van der Waals surface area contributed by atoms with Gasteiger partial charge in [-0.15, -0.1) is 0 Å². The first kappa shape index (κ1) is 29.2. The van der Waals surface area contributed by atoms with Crippen LogP contribution in [0.2, 0.25) is 0 Å². The predicted octanol–water partition coefficient (Wildman–Crippen LogP) is 5.53. The number of nitrogens with zero attached hydrogens (tertiary/aromatic N) is 4. The van der Waals surface area contributed by atoms with E-state index in [0.717, 1.165) is 0 Å². The Morgan fingerprint density at radius 3 is 2.29 bits per heavy atom. The van der Waals surface area contributed by atoms with Crippen molar-refractivity contribution in [3.05, 3.63) is 76.7 Å². The molecule has 0 spiro atoms. The lowest BCUT2D eigenvalue weighted by atomic mass is 9.97. The molecule has 4 aromatic rings. The highest BCUT2D eigenvalue weighted by Crippen LogP contribution is 2.37. The van der Waals surface area contributed by atoms with Gasteiger partial charge in [0, 0.05) is 24.0 Å². The van der Waals surface area contributed by atoms with Gasteiger partial charge in [-0.25, -0.2) is 14.8 Å². The van der Waals surface area contributed by atoms with Crippen molar-refractivity contribution in [1.82, 2.24) is 9.97 Å². The fourth-order valence-electron chi connectivity index (χ4n) is 3.88. The Labute approximate surface area is 241 Å². The molecule has 11 heteroatoms. The first-order valence-corrected chi connectivity index (χ1v) is 13.5. The molecule has 0 aliphatic carbocycles. The molecule has 0 saturated heterocycles. The van der Waals surface area contributed by atoms with Crippen LogP contribution in [-0.2, 0) is 15.2 Å². The summed E-state index contributed by atoms with van der Waals surface area (Å²) >= 11 is 1.27. The summed E-state index contributed by atoms with van der Waals surface area (Å²) in [6, 6.07) is 18.1. The number of nitrogen functional groups attached to an aromatic ring is 1. The summed E-state index contributed by atoms with van der Waals surface area (Å²) in [5.41, 5.74) is 9.36. The van der Waals surface area contributed by atoms with Gasteiger partial charge in [-0.2, -0.15) is 10.5 Å². The number of nitriles is 2. The van der Waals surface area contributed by atoms with Gasteiger partial charge < -0.3 is 24.4 Å². The number of thioether (sulfide) groups is 1. The molecule has 0 radical (unpaired) electrons. The molecule has 41 heavy (non-hydrogen) atoms. The summed E-state index contributed by atoms with van der Waals surface area (Å²) in [6.45, 7) is 4.08. The summed E-state index contributed by atoms with van der Waals surface area (Å²) in [7, 11) is 2.94. The third-order valence-electron chi connectivity index (χ3n) is 6.24. The van der Waals surface area contributed by atoms with Gasteiger partial charge in [-0.3, -0.25) is 0 Å². The van der Waals surface area contributed by atoms with E-state index < -0.39 is 5.97 Å². The van der Waals surface area contributed by atoms with Crippen LogP contribution < -0.4 is 10.5 Å². The van der Waals surface area contributed by atoms with Crippen molar-refractivity contribution in [1.29, 1.82) is 10.5 Å². The molecule has 0 aliphatic rings. The molecule has 2 N–H and O–H groups in total. The topological polar surface area (TPSA) is 157 Å². The third-order valence-corrected chi connectivity index (χ3v) is 7.22. The third kappa shape index (κ3) is 6.49. The van der Waals surface area contributed by atoms with E-state index in [1.807, 2.05) is 6.92 Å². The van der Waals surface area contributed by atoms with Gasteiger partial charge in [0.2, 0.25) is 5.89 Å². The lowest BCUT2D eigenvalue weighted by molar-refractivity contribution is 0.0600. The van der Waals surface area contributed by atoms with Crippen LogP contribution in [0.5, 0.6) is 5.75 Å². The summed E-state index contributed by atoms with van der Waals surface area (Å²) in [5.74, 6) is 1.56. The minimum Gasteiger partial charge on any atom is -0.491 e. The van der Waals surface area contributed by atoms with Gasteiger partial charge in [0.25, 0.3) is 0 Å². The molecule has 2 aromatic heterocycles. The highest BCUT2D eigenvalue weighted by molar-refractivity contribution is 7.98. The number of pyridine rings is 1. The van der Waals surface area contributed by atoms with E-state index in [0.29, 0.717) is 62.7 Å². The second-order valence-corrected chi connectivity index (χ2v) is 9.88. The number of benzene rings is 2. The van der Waals surface area contributed by atoms with Crippen molar-refractivity contribution in [2.24, 2.45) is 0 Å². The van der Waals surface area contributed by atoms with Crippen molar-refractivity contribution >= 4 is 23.5 Å². The Bertz CT molecular complexity index is 1640. The van der Waals surface area contributed by atoms with Crippen molar-refractivity contribution in [2.45, 2.75) is 30.7 Å². The van der Waals surface area contributed by atoms with E-state index in [1.54, 1.807) is 62.6 Å². The Hall–Kier alpha value is -4.84. The van der Waals surface area contributed by atoms with Crippen LogP contribution in [-0.4, -0.2) is 42.9 Å². The number of carbonyl (C=O) groups excluding carboxylic acids is 1. The molecule has 208 valence electrons. The van der Waals surface area contributed by atoms with Crippen LogP contribution >= 0.6 is 11.8 Å². The van der Waals surface area contributed by atoms with Crippen molar-refractivity contribution in [3.8, 4) is 40.5 Å². The molecule has 1 atom stereocenters. The molecule has 0 amide bonds. The first-order chi connectivity index (χ1) is 19.8. The average Bonchev–Trinajstić information content (AvgIpc) is 3.38. The zero-order valence-corrected chi connectivity index (χ0v) is 23.7. The zero-order valence-electron chi connectivity index (χ0n) is 22.9. The normalized spacial score (nSPS) is 11.4. The number of esters is 1. The number of anilines is 1. The van der Waals surface area contributed by atoms with Gasteiger partial charge in [-0.1, -0.05) is 23.9 Å². The molecule has 2 aromatic carbocycles. The molecular weight excluding hydrogens is 542 g/mol. The maximum Gasteiger partial charge on any atom is 0.337 e. The lowest BCUT2D eigenvalue weighted by Gasteiger charge is -2.14. The summed E-state index contributed by atoms with van der Waals surface area (Å²) in [4.78, 5) is 20.7. The van der Waals surface area contributed by atoms with Crippen molar-refractivity contribution in [3.63, 3.8) is 0 Å². The van der Waals surface area contributed by atoms with E-state index in [4.69, 9.17) is 24.4 Å². The van der Waals surface area contributed by atoms with Gasteiger partial charge in [0.15, 0.2) is 0 Å². The van der Waals surface area contributed by atoms with Crippen LogP contribution in [0.1, 0.15) is 39.9 Å². The standard InChI is InChI=1S/C30H27N5O5S/c1-17(37-3)15-39-22-11-9-19(10-12-22)26-23(13-31)27(33)35-29(24(26)14-32)41-16-25-18(2)40-28(34-25)20-5-7-21(8-6-20)30(36)38-4/h5-12,17H,15-16H2,1-4H3,(H2,33,35). The number of ether oxygens (including phenoxy) is 3. The Morgan fingerprint density at radius 1 is 1.02 bits per heavy atom. The number of oxazole rings is 1. The summed E-state index contributed by atoms with van der Waals surface area (Å²) < 4.78 is 21.5. The van der Waals surface area contributed by atoms with Crippen molar-refractivity contribution < 1.29 is 23.4 Å². The Balaban J connectivity index is 1.60. The highest BCUT2D eigenvalue weighted by Gasteiger charge is 2.22.